The lowest BCUT2D eigenvalue weighted by Gasteiger charge is -2.19. The van der Waals surface area contributed by atoms with Gasteiger partial charge in [-0.25, -0.2) is 0 Å². The number of hydrogen-bond donors (Lipinski definition) is 0. The quantitative estimate of drug-likeness (QED) is 0.603. The van der Waals surface area contributed by atoms with Gasteiger partial charge in [0.15, 0.2) is 0 Å². The molecule has 1 fully saturated rings. The first-order valence-electron chi connectivity index (χ1n) is 5.20. The minimum absolute atomic E-state index is 0.756. The summed E-state index contributed by atoms with van der Waals surface area (Å²) >= 11 is 0. The molecule has 1 rings (SSSR count). The molecule has 1 aliphatic rings. The topological polar surface area (TPSA) is 0 Å². The van der Waals surface area contributed by atoms with Crippen molar-refractivity contribution in [1.82, 2.24) is 0 Å². The van der Waals surface area contributed by atoms with Gasteiger partial charge in [0.2, 0.25) is 0 Å². The van der Waals surface area contributed by atoms with Gasteiger partial charge in [0.25, 0.3) is 0 Å². The van der Waals surface area contributed by atoms with Crippen molar-refractivity contribution in [2.24, 2.45) is 5.92 Å². The van der Waals surface area contributed by atoms with Gasteiger partial charge in [0.05, 0.1) is 0 Å². The molecule has 72 valence electrons. The van der Waals surface area contributed by atoms with Crippen LogP contribution < -0.4 is 0 Å². The van der Waals surface area contributed by atoms with Crippen LogP contribution in [-0.4, -0.2) is 16.1 Å². The Labute approximate surface area is 79.8 Å². The van der Waals surface area contributed by atoms with E-state index in [1.807, 2.05) is 0 Å². The Morgan fingerprint density at radius 2 is 1.50 bits per heavy atom. The predicted octanol–water partition coefficient (Wildman–Crippen LogP) is 4.05. The summed E-state index contributed by atoms with van der Waals surface area (Å²) < 4.78 is 0. The number of hydrogen-bond acceptors (Lipinski definition) is 0. The first kappa shape index (κ1) is 10.5. The Kier molecular flexibility index (Phi) is 2.61. The van der Waals surface area contributed by atoms with E-state index in [4.69, 9.17) is 0 Å². The third-order valence-corrected chi connectivity index (χ3v) is 7.59. The molecule has 0 amide bonds. The highest BCUT2D eigenvalue weighted by atomic mass is 28.3. The molecule has 0 nitrogen and oxygen atoms in total. The zero-order chi connectivity index (χ0) is 9.57. The molecule has 0 aromatic carbocycles. The van der Waals surface area contributed by atoms with Crippen LogP contribution in [0.4, 0.5) is 0 Å². The second-order valence-electron chi connectivity index (χ2n) is 6.73. The molecule has 0 saturated heterocycles. The zero-order valence-electron chi connectivity index (χ0n) is 9.57. The van der Waals surface area contributed by atoms with Crippen molar-refractivity contribution in [3.8, 4) is 0 Å². The minimum Gasteiger partial charge on any atom is -0.0695 e. The fraction of sp³-hybridized carbons (Fsp3) is 1.00. The minimum atomic E-state index is -0.764. The molecular formula is C10H24Si2. The molecule has 0 spiro atoms. The molecule has 2 unspecified atom stereocenters. The molecular weight excluding hydrogens is 176 g/mol. The molecule has 0 aliphatic heterocycles. The van der Waals surface area contributed by atoms with Gasteiger partial charge in [-0.15, -0.1) is 0 Å². The highest BCUT2D eigenvalue weighted by Gasteiger charge is 2.47. The Bertz CT molecular complexity index is 162. The zero-order valence-corrected chi connectivity index (χ0v) is 11.6. The standard InChI is InChI=1S/C10H24Si2/c1-11(2,3)8-9-7-10(9)12(4,5)6/h9-10H,7-8H2,1-6H3. The van der Waals surface area contributed by atoms with Crippen molar-refractivity contribution >= 4 is 16.1 Å². The summed E-state index contributed by atoms with van der Waals surface area (Å²) in [4.78, 5) is 0. The molecule has 0 heterocycles. The van der Waals surface area contributed by atoms with Crippen LogP contribution in [-0.2, 0) is 0 Å². The van der Waals surface area contributed by atoms with E-state index in [1.165, 1.54) is 5.54 Å². The molecule has 0 radical (unpaired) electrons. The summed E-state index contributed by atoms with van der Waals surface area (Å²) in [6, 6.07) is 1.59. The Morgan fingerprint density at radius 3 is 1.75 bits per heavy atom. The third-order valence-electron chi connectivity index (χ3n) is 2.91. The van der Waals surface area contributed by atoms with E-state index in [9.17, 15) is 0 Å². The number of rotatable bonds is 3. The molecule has 0 N–H and O–H groups in total. The van der Waals surface area contributed by atoms with Gasteiger partial charge in [0, 0.05) is 16.1 Å². The highest BCUT2D eigenvalue weighted by Crippen LogP contribution is 2.55. The fourth-order valence-electron chi connectivity index (χ4n) is 2.32. The van der Waals surface area contributed by atoms with Crippen LogP contribution in [0.2, 0.25) is 50.9 Å². The maximum Gasteiger partial charge on any atom is 0.0476 e. The van der Waals surface area contributed by atoms with Crippen molar-refractivity contribution in [2.45, 2.75) is 57.3 Å². The molecule has 12 heavy (non-hydrogen) atoms. The summed E-state index contributed by atoms with van der Waals surface area (Å²) in [6.45, 7) is 15.1. The van der Waals surface area contributed by atoms with Crippen LogP contribution in [0.15, 0.2) is 0 Å². The third kappa shape index (κ3) is 3.06. The van der Waals surface area contributed by atoms with Crippen molar-refractivity contribution < 1.29 is 0 Å². The molecule has 2 atom stereocenters. The molecule has 2 heteroatoms. The van der Waals surface area contributed by atoms with Crippen molar-refractivity contribution in [3.63, 3.8) is 0 Å². The van der Waals surface area contributed by atoms with Crippen LogP contribution in [0.5, 0.6) is 0 Å². The molecule has 0 aromatic heterocycles. The normalized spacial score (nSPS) is 30.5. The lowest BCUT2D eigenvalue weighted by atomic mass is 10.5. The van der Waals surface area contributed by atoms with Crippen molar-refractivity contribution in [2.75, 3.05) is 0 Å². The summed E-state index contributed by atoms with van der Waals surface area (Å²) in [7, 11) is -1.52. The first-order valence-corrected chi connectivity index (χ1v) is 12.5. The lowest BCUT2D eigenvalue weighted by molar-refractivity contribution is 0.936. The van der Waals surface area contributed by atoms with E-state index in [2.05, 4.69) is 39.3 Å². The molecule has 0 aromatic rings. The average molecular weight is 200 g/mol. The van der Waals surface area contributed by atoms with Crippen LogP contribution in [0.3, 0.4) is 0 Å². The smallest absolute Gasteiger partial charge is 0.0476 e. The predicted molar refractivity (Wildman–Crippen MR) is 63.4 cm³/mol. The monoisotopic (exact) mass is 200 g/mol. The summed E-state index contributed by atoms with van der Waals surface area (Å²) in [5, 5.41) is 0. The van der Waals surface area contributed by atoms with Crippen LogP contribution in [0, 0.1) is 5.92 Å². The van der Waals surface area contributed by atoms with E-state index in [0.29, 0.717) is 0 Å². The summed E-state index contributed by atoms with van der Waals surface area (Å²) in [5.74, 6) is 1.14. The summed E-state index contributed by atoms with van der Waals surface area (Å²) in [5.41, 5.74) is 1.17. The van der Waals surface area contributed by atoms with Gasteiger partial charge < -0.3 is 0 Å². The van der Waals surface area contributed by atoms with Crippen molar-refractivity contribution in [1.29, 1.82) is 0 Å². The van der Waals surface area contributed by atoms with E-state index in [-0.39, 0.29) is 0 Å². The van der Waals surface area contributed by atoms with Gasteiger partial charge in [-0.3, -0.25) is 0 Å². The Morgan fingerprint density at radius 1 is 1.00 bits per heavy atom. The Hall–Kier alpha value is 0.434. The van der Waals surface area contributed by atoms with Gasteiger partial charge in [0.1, 0.15) is 0 Å². The molecule has 1 aliphatic carbocycles. The van der Waals surface area contributed by atoms with Gasteiger partial charge in [-0.2, -0.15) is 0 Å². The summed E-state index contributed by atoms with van der Waals surface area (Å²) in [6.07, 6.45) is 1.57. The Balaban J connectivity index is 2.35. The lowest BCUT2D eigenvalue weighted by Crippen LogP contribution is -2.24. The van der Waals surface area contributed by atoms with E-state index in [0.717, 1.165) is 5.92 Å². The second kappa shape index (κ2) is 2.98. The second-order valence-corrected chi connectivity index (χ2v) is 17.7. The highest BCUT2D eigenvalue weighted by molar-refractivity contribution is 6.79. The van der Waals surface area contributed by atoms with Gasteiger partial charge in [-0.1, -0.05) is 51.7 Å². The van der Waals surface area contributed by atoms with E-state index in [1.54, 1.807) is 12.5 Å². The van der Waals surface area contributed by atoms with Crippen LogP contribution in [0.25, 0.3) is 0 Å². The maximum atomic E-state index is 2.53. The van der Waals surface area contributed by atoms with Gasteiger partial charge >= 0.3 is 0 Å². The van der Waals surface area contributed by atoms with E-state index < -0.39 is 16.1 Å². The largest absolute Gasteiger partial charge is 0.0695 e. The maximum absolute atomic E-state index is 2.53. The van der Waals surface area contributed by atoms with Crippen molar-refractivity contribution in [3.05, 3.63) is 0 Å². The first-order chi connectivity index (χ1) is 5.20. The average Bonchev–Trinajstić information content (AvgIpc) is 2.37. The fourth-order valence-corrected chi connectivity index (χ4v) is 7.12. The van der Waals surface area contributed by atoms with Crippen LogP contribution >= 0.6 is 0 Å². The SMILES string of the molecule is C[Si](C)(C)CC1CC1[Si](C)(C)C. The molecule has 0 bridgehead atoms. The van der Waals surface area contributed by atoms with Crippen LogP contribution in [0.1, 0.15) is 6.42 Å². The van der Waals surface area contributed by atoms with Gasteiger partial charge in [-0.05, 0) is 11.5 Å². The van der Waals surface area contributed by atoms with E-state index >= 15 is 0 Å². The molecule has 1 saturated carbocycles.